The first-order valence-corrected chi connectivity index (χ1v) is 16.0. The van der Waals surface area contributed by atoms with E-state index >= 15 is 0 Å². The van der Waals surface area contributed by atoms with E-state index in [1.54, 1.807) is 6.08 Å². The van der Waals surface area contributed by atoms with E-state index in [4.69, 9.17) is 0 Å². The van der Waals surface area contributed by atoms with E-state index in [1.165, 1.54) is 57.8 Å². The van der Waals surface area contributed by atoms with Gasteiger partial charge in [-0.2, -0.15) is 0 Å². The topological polar surface area (TPSA) is 89.8 Å². The molecule has 3 atom stereocenters. The summed E-state index contributed by atoms with van der Waals surface area (Å²) in [5, 5.41) is 32.7. The van der Waals surface area contributed by atoms with Gasteiger partial charge in [0.15, 0.2) is 0 Å². The van der Waals surface area contributed by atoms with Gasteiger partial charge < -0.3 is 20.6 Å². The Morgan fingerprint density at radius 3 is 1.59 bits per heavy atom. The fraction of sp³-hybridized carbons (Fsp3) is 0.735. The van der Waals surface area contributed by atoms with Gasteiger partial charge in [0.1, 0.15) is 6.10 Å². The molecule has 0 aliphatic carbocycles. The van der Waals surface area contributed by atoms with Crippen LogP contribution in [0.4, 0.5) is 0 Å². The van der Waals surface area contributed by atoms with Crippen molar-refractivity contribution in [1.29, 1.82) is 0 Å². The first kappa shape index (κ1) is 37.3. The van der Waals surface area contributed by atoms with Crippen LogP contribution in [0.15, 0.2) is 48.6 Å². The maximum absolute atomic E-state index is 12.3. The second-order valence-corrected chi connectivity index (χ2v) is 10.6. The van der Waals surface area contributed by atoms with Gasteiger partial charge in [-0.15, -0.1) is 0 Å². The van der Waals surface area contributed by atoms with Crippen molar-refractivity contribution in [3.05, 3.63) is 48.6 Å². The third-order valence-corrected chi connectivity index (χ3v) is 6.87. The zero-order valence-corrected chi connectivity index (χ0v) is 25.2. The van der Waals surface area contributed by atoms with Crippen LogP contribution in [0.2, 0.25) is 0 Å². The molecular weight excluding hydrogens is 486 g/mol. The summed E-state index contributed by atoms with van der Waals surface area (Å²) in [6.07, 6.45) is 35.5. The van der Waals surface area contributed by atoms with Crippen LogP contribution in [0.1, 0.15) is 136 Å². The van der Waals surface area contributed by atoms with E-state index in [0.717, 1.165) is 57.8 Å². The summed E-state index contributed by atoms with van der Waals surface area (Å²) in [6, 6.07) is -0.822. The molecule has 39 heavy (non-hydrogen) atoms. The van der Waals surface area contributed by atoms with E-state index in [9.17, 15) is 20.1 Å². The lowest BCUT2D eigenvalue weighted by Gasteiger charge is -2.21. The highest BCUT2D eigenvalue weighted by Gasteiger charge is 2.22. The predicted molar refractivity (Wildman–Crippen MR) is 167 cm³/mol. The van der Waals surface area contributed by atoms with Gasteiger partial charge in [0.2, 0.25) is 5.91 Å². The van der Waals surface area contributed by atoms with Crippen LogP contribution in [0.5, 0.6) is 0 Å². The molecule has 0 aromatic carbocycles. The summed E-state index contributed by atoms with van der Waals surface area (Å²) >= 11 is 0. The molecule has 0 aliphatic heterocycles. The summed E-state index contributed by atoms with van der Waals surface area (Å²) in [7, 11) is 0. The molecular formula is C34H61NO4. The summed E-state index contributed by atoms with van der Waals surface area (Å²) < 4.78 is 0. The molecule has 226 valence electrons. The molecule has 0 radical (unpaired) electrons. The molecule has 0 saturated carbocycles. The number of allylic oxidation sites excluding steroid dienone is 7. The minimum absolute atomic E-state index is 0.387. The Morgan fingerprint density at radius 1 is 0.615 bits per heavy atom. The molecule has 0 bridgehead atoms. The minimum Gasteiger partial charge on any atom is -0.394 e. The van der Waals surface area contributed by atoms with Gasteiger partial charge in [-0.1, -0.05) is 114 Å². The summed E-state index contributed by atoms with van der Waals surface area (Å²) in [5.41, 5.74) is 0. The Kier molecular flexibility index (Phi) is 28.0. The number of rotatable bonds is 27. The fourth-order valence-electron chi connectivity index (χ4n) is 4.27. The molecule has 0 saturated heterocycles. The molecule has 3 unspecified atom stereocenters. The van der Waals surface area contributed by atoms with Crippen LogP contribution in [-0.4, -0.2) is 46.1 Å². The van der Waals surface area contributed by atoms with Crippen molar-refractivity contribution in [2.24, 2.45) is 0 Å². The van der Waals surface area contributed by atoms with Crippen LogP contribution < -0.4 is 5.32 Å². The third-order valence-electron chi connectivity index (χ3n) is 6.87. The van der Waals surface area contributed by atoms with Gasteiger partial charge in [-0.25, -0.2) is 0 Å². The molecule has 1 amide bonds. The predicted octanol–water partition coefficient (Wildman–Crippen LogP) is 7.86. The normalized spacial score (nSPS) is 14.7. The zero-order chi connectivity index (χ0) is 28.8. The number of aliphatic hydroxyl groups excluding tert-OH is 3. The molecule has 0 aliphatic rings. The fourth-order valence-corrected chi connectivity index (χ4v) is 4.27. The molecule has 0 rings (SSSR count). The SMILES string of the molecule is CCCCC/C=C\CCCCCCC(O)C(=O)NC(CO)C(O)/C=C/CC/C=C/CC/C=C/CCCCCC. The Morgan fingerprint density at radius 2 is 1.05 bits per heavy atom. The highest BCUT2D eigenvalue weighted by atomic mass is 16.3. The summed E-state index contributed by atoms with van der Waals surface area (Å²) in [6.45, 7) is 4.06. The van der Waals surface area contributed by atoms with Gasteiger partial charge in [0.05, 0.1) is 18.8 Å². The number of carbonyl (C=O) groups is 1. The second-order valence-electron chi connectivity index (χ2n) is 10.6. The minimum atomic E-state index is -1.12. The van der Waals surface area contributed by atoms with E-state index in [2.05, 4.69) is 55.6 Å². The number of aliphatic hydroxyl groups is 3. The second kappa shape index (κ2) is 29.3. The van der Waals surface area contributed by atoms with Crippen LogP contribution in [0.3, 0.4) is 0 Å². The highest BCUT2D eigenvalue weighted by Crippen LogP contribution is 2.10. The Hall–Kier alpha value is -1.69. The van der Waals surface area contributed by atoms with E-state index < -0.39 is 24.2 Å². The van der Waals surface area contributed by atoms with Crippen molar-refractivity contribution in [2.75, 3.05) is 6.61 Å². The number of hydrogen-bond donors (Lipinski definition) is 4. The van der Waals surface area contributed by atoms with Gasteiger partial charge >= 0.3 is 0 Å². The molecule has 5 nitrogen and oxygen atoms in total. The van der Waals surface area contributed by atoms with Crippen LogP contribution in [-0.2, 0) is 4.79 Å². The summed E-state index contributed by atoms with van der Waals surface area (Å²) in [5.74, 6) is -0.533. The first-order chi connectivity index (χ1) is 19.1. The Bertz CT molecular complexity index is 656. The summed E-state index contributed by atoms with van der Waals surface area (Å²) in [4.78, 5) is 12.3. The molecule has 5 heteroatoms. The van der Waals surface area contributed by atoms with Crippen molar-refractivity contribution < 1.29 is 20.1 Å². The van der Waals surface area contributed by atoms with Crippen LogP contribution in [0.25, 0.3) is 0 Å². The smallest absolute Gasteiger partial charge is 0.249 e. The van der Waals surface area contributed by atoms with Crippen molar-refractivity contribution in [1.82, 2.24) is 5.32 Å². The molecule has 0 heterocycles. The average molecular weight is 548 g/mol. The number of unbranched alkanes of at least 4 members (excludes halogenated alkanes) is 13. The number of hydrogen-bond acceptors (Lipinski definition) is 4. The number of amides is 1. The van der Waals surface area contributed by atoms with E-state index in [-0.39, 0.29) is 6.61 Å². The van der Waals surface area contributed by atoms with Gasteiger partial charge in [0.25, 0.3) is 0 Å². The Balaban J connectivity index is 3.94. The maximum Gasteiger partial charge on any atom is 0.249 e. The quantitative estimate of drug-likeness (QED) is 0.0622. The molecule has 0 aromatic rings. The largest absolute Gasteiger partial charge is 0.394 e. The van der Waals surface area contributed by atoms with Crippen molar-refractivity contribution in [3.63, 3.8) is 0 Å². The van der Waals surface area contributed by atoms with Crippen LogP contribution in [0, 0.1) is 0 Å². The highest BCUT2D eigenvalue weighted by molar-refractivity contribution is 5.80. The third kappa shape index (κ3) is 25.0. The number of carbonyl (C=O) groups excluding carboxylic acids is 1. The van der Waals surface area contributed by atoms with Crippen LogP contribution >= 0.6 is 0 Å². The van der Waals surface area contributed by atoms with E-state index in [0.29, 0.717) is 6.42 Å². The monoisotopic (exact) mass is 547 g/mol. The van der Waals surface area contributed by atoms with Gasteiger partial charge in [0, 0.05) is 0 Å². The lowest BCUT2D eigenvalue weighted by molar-refractivity contribution is -0.131. The van der Waals surface area contributed by atoms with Crippen molar-refractivity contribution >= 4 is 5.91 Å². The molecule has 0 spiro atoms. The van der Waals surface area contributed by atoms with Crippen molar-refractivity contribution in [2.45, 2.75) is 154 Å². The average Bonchev–Trinajstić information content (AvgIpc) is 2.94. The molecule has 0 aromatic heterocycles. The standard InChI is InChI=1S/C34H61NO4/c1-3-5-7-9-11-13-15-16-17-19-20-22-24-26-28-32(37)31(30-36)35-34(39)33(38)29-27-25-23-21-18-14-12-10-8-6-4-2/h12-15,19-20,26,28,31-33,36-38H,3-11,16-18,21-25,27,29-30H2,1-2H3,(H,35,39)/b14-12-,15-13+,20-19+,28-26+. The van der Waals surface area contributed by atoms with E-state index in [1.807, 2.05) is 6.08 Å². The maximum atomic E-state index is 12.3. The Labute approximate surface area is 240 Å². The first-order valence-electron chi connectivity index (χ1n) is 16.0. The molecule has 0 fully saturated rings. The van der Waals surface area contributed by atoms with Gasteiger partial charge in [-0.3, -0.25) is 4.79 Å². The number of nitrogens with one attached hydrogen (secondary N) is 1. The molecule has 4 N–H and O–H groups in total. The zero-order valence-electron chi connectivity index (χ0n) is 25.2. The van der Waals surface area contributed by atoms with Gasteiger partial charge in [-0.05, 0) is 70.6 Å². The van der Waals surface area contributed by atoms with Crippen molar-refractivity contribution in [3.8, 4) is 0 Å². The lowest BCUT2D eigenvalue weighted by Crippen LogP contribution is -2.48. The lowest BCUT2D eigenvalue weighted by atomic mass is 10.1.